The summed E-state index contributed by atoms with van der Waals surface area (Å²) in [5.41, 5.74) is 4.67. The van der Waals surface area contributed by atoms with Crippen LogP contribution in [0.4, 0.5) is 0 Å². The van der Waals surface area contributed by atoms with Crippen LogP contribution in [0.5, 0.6) is 5.75 Å². The lowest BCUT2D eigenvalue weighted by Gasteiger charge is -2.41. The number of aliphatic hydroxyl groups excluding tert-OH is 2. The molecule has 0 heterocycles. The molecular formula is C27H35N3O7. The minimum absolute atomic E-state index is 0.0190. The molecule has 4 atom stereocenters. The number of hydrogen-bond acceptors (Lipinski definition) is 8. The van der Waals surface area contributed by atoms with Crippen LogP contribution in [0.3, 0.4) is 0 Å². The number of amides is 2. The standard InChI is InChI=1S/C27H35N3O7/c1-12-13-8-7-9-15(31)18(13)23(34)20(26(37)29-11-27(2,3)4)17(12)22(33)14-10-16(32)19(25(28)36)24(35)21(14)30(5)6/h7-9,12,14,21-22,31,33,35H,10-11H2,1-6H3,(H2,28,36)(H,29,37)/t12-,14+,21-,22+/m0/s1. The number of primary amides is 1. The lowest BCUT2D eigenvalue weighted by molar-refractivity contribution is -0.124. The molecule has 0 fully saturated rings. The van der Waals surface area contributed by atoms with Gasteiger partial charge in [0.1, 0.15) is 17.1 Å². The van der Waals surface area contributed by atoms with Crippen molar-refractivity contribution >= 4 is 23.4 Å². The van der Waals surface area contributed by atoms with Crippen molar-refractivity contribution < 1.29 is 34.5 Å². The van der Waals surface area contributed by atoms with E-state index >= 15 is 0 Å². The monoisotopic (exact) mass is 513 g/mol. The summed E-state index contributed by atoms with van der Waals surface area (Å²) in [6, 6.07) is 3.56. The lowest BCUT2D eigenvalue weighted by Crippen LogP contribution is -2.50. The van der Waals surface area contributed by atoms with Crippen LogP contribution in [-0.4, -0.2) is 76.4 Å². The van der Waals surface area contributed by atoms with Crippen LogP contribution < -0.4 is 11.1 Å². The van der Waals surface area contributed by atoms with Crippen molar-refractivity contribution in [1.82, 2.24) is 10.2 Å². The number of carbonyl (C=O) groups is 4. The zero-order chi connectivity index (χ0) is 28.0. The third-order valence-corrected chi connectivity index (χ3v) is 6.93. The van der Waals surface area contributed by atoms with E-state index in [0.717, 1.165) is 0 Å². The molecule has 3 rings (SSSR count). The second-order valence-corrected chi connectivity index (χ2v) is 11.1. The largest absolute Gasteiger partial charge is 0.510 e. The predicted octanol–water partition coefficient (Wildman–Crippen LogP) is 1.33. The van der Waals surface area contributed by atoms with Crippen LogP contribution >= 0.6 is 0 Å². The van der Waals surface area contributed by atoms with Crippen molar-refractivity contribution in [2.75, 3.05) is 20.6 Å². The van der Waals surface area contributed by atoms with E-state index in [0.29, 0.717) is 5.56 Å². The predicted molar refractivity (Wildman–Crippen MR) is 136 cm³/mol. The molecule has 0 unspecified atom stereocenters. The molecule has 1 aromatic carbocycles. The molecule has 2 aliphatic carbocycles. The fraction of sp³-hybridized carbons (Fsp3) is 0.481. The molecule has 2 amide bonds. The number of likely N-dealkylation sites (N-methyl/N-ethyl adjacent to an activating group) is 1. The van der Waals surface area contributed by atoms with Gasteiger partial charge in [0.2, 0.25) is 5.78 Å². The summed E-state index contributed by atoms with van der Waals surface area (Å²) in [6.45, 7) is 7.65. The number of rotatable bonds is 6. The highest BCUT2D eigenvalue weighted by atomic mass is 16.3. The van der Waals surface area contributed by atoms with Gasteiger partial charge in [0.05, 0.1) is 23.3 Å². The van der Waals surface area contributed by atoms with E-state index in [9.17, 15) is 34.5 Å². The maximum absolute atomic E-state index is 13.6. The highest BCUT2D eigenvalue weighted by Crippen LogP contribution is 2.44. The van der Waals surface area contributed by atoms with Gasteiger partial charge in [-0.1, -0.05) is 39.8 Å². The van der Waals surface area contributed by atoms with Crippen LogP contribution in [0, 0.1) is 11.3 Å². The SMILES string of the molecule is C[C@@H]1C([C@H](O)[C@@H]2CC(=O)C(C(N)=O)=C(O)[C@H]2N(C)C)=C(C(=O)NCC(C)(C)C)C(=O)c2c(O)cccc21. The van der Waals surface area contributed by atoms with Gasteiger partial charge in [0.15, 0.2) is 5.78 Å². The van der Waals surface area contributed by atoms with E-state index < -0.39 is 58.7 Å². The molecule has 0 saturated heterocycles. The fourth-order valence-corrected chi connectivity index (χ4v) is 5.21. The number of phenols is 1. The first kappa shape index (κ1) is 28.1. The molecule has 0 spiro atoms. The number of hydrogen-bond donors (Lipinski definition) is 5. The maximum atomic E-state index is 13.6. The second kappa shape index (κ2) is 10.1. The molecule has 2 aliphatic rings. The summed E-state index contributed by atoms with van der Waals surface area (Å²) in [5, 5.41) is 35.8. The van der Waals surface area contributed by atoms with Crippen LogP contribution in [0.2, 0.25) is 0 Å². The molecule has 37 heavy (non-hydrogen) atoms. The van der Waals surface area contributed by atoms with Crippen LogP contribution in [-0.2, 0) is 14.4 Å². The van der Waals surface area contributed by atoms with Crippen molar-refractivity contribution in [3.05, 3.63) is 51.8 Å². The average molecular weight is 514 g/mol. The Kier molecular flexibility index (Phi) is 7.67. The summed E-state index contributed by atoms with van der Waals surface area (Å²) < 4.78 is 0. The Bertz CT molecular complexity index is 1220. The number of nitrogens with zero attached hydrogens (tertiary/aromatic N) is 1. The number of nitrogens with two attached hydrogens (primary N) is 1. The van der Waals surface area contributed by atoms with Gasteiger partial charge < -0.3 is 26.4 Å². The Morgan fingerprint density at radius 3 is 2.32 bits per heavy atom. The molecule has 200 valence electrons. The van der Waals surface area contributed by atoms with Gasteiger partial charge >= 0.3 is 0 Å². The zero-order valence-electron chi connectivity index (χ0n) is 22.0. The molecule has 1 aromatic rings. The average Bonchev–Trinajstić information content (AvgIpc) is 2.77. The van der Waals surface area contributed by atoms with Crippen molar-refractivity contribution in [2.45, 2.75) is 52.2 Å². The van der Waals surface area contributed by atoms with E-state index in [1.807, 2.05) is 20.8 Å². The number of aromatic hydroxyl groups is 1. The molecule has 0 aromatic heterocycles. The number of nitrogens with one attached hydrogen (secondary N) is 1. The first-order valence-corrected chi connectivity index (χ1v) is 12.1. The van der Waals surface area contributed by atoms with Gasteiger partial charge in [-0.15, -0.1) is 0 Å². The molecule has 10 nitrogen and oxygen atoms in total. The van der Waals surface area contributed by atoms with E-state index in [4.69, 9.17) is 5.73 Å². The highest BCUT2D eigenvalue weighted by molar-refractivity contribution is 6.28. The Labute approximate surface area is 215 Å². The van der Waals surface area contributed by atoms with Crippen molar-refractivity contribution in [3.63, 3.8) is 0 Å². The molecule has 0 saturated carbocycles. The second-order valence-electron chi connectivity index (χ2n) is 11.1. The summed E-state index contributed by atoms with van der Waals surface area (Å²) in [7, 11) is 3.20. The number of phenolic OH excluding ortho intramolecular Hbond substituents is 1. The Morgan fingerprint density at radius 1 is 1.16 bits per heavy atom. The smallest absolute Gasteiger partial charge is 0.255 e. The van der Waals surface area contributed by atoms with Gasteiger partial charge in [-0.3, -0.25) is 24.1 Å². The minimum Gasteiger partial charge on any atom is -0.510 e. The third kappa shape index (κ3) is 5.17. The van der Waals surface area contributed by atoms with Gasteiger partial charge in [-0.25, -0.2) is 0 Å². The quantitative estimate of drug-likeness (QED) is 0.355. The first-order chi connectivity index (χ1) is 17.1. The van der Waals surface area contributed by atoms with Gasteiger partial charge in [0, 0.05) is 24.8 Å². The van der Waals surface area contributed by atoms with Gasteiger partial charge in [0.25, 0.3) is 11.8 Å². The molecule has 0 bridgehead atoms. The number of Topliss-reactive ketones (excluding diaryl/α,β-unsaturated/α-hetero) is 2. The zero-order valence-corrected chi connectivity index (χ0v) is 22.0. The lowest BCUT2D eigenvalue weighted by atomic mass is 9.69. The highest BCUT2D eigenvalue weighted by Gasteiger charge is 2.47. The summed E-state index contributed by atoms with van der Waals surface area (Å²) >= 11 is 0. The Hall–Kier alpha value is -3.50. The Balaban J connectivity index is 2.21. The summed E-state index contributed by atoms with van der Waals surface area (Å²) in [6.07, 6.45) is -1.88. The third-order valence-electron chi connectivity index (χ3n) is 6.93. The van der Waals surface area contributed by atoms with E-state index in [2.05, 4.69) is 5.32 Å². The van der Waals surface area contributed by atoms with E-state index in [1.165, 1.54) is 11.0 Å². The van der Waals surface area contributed by atoms with Gasteiger partial charge in [-0.05, 0) is 36.7 Å². The number of aliphatic hydroxyl groups is 2. The van der Waals surface area contributed by atoms with Crippen LogP contribution in [0.15, 0.2) is 40.7 Å². The molecule has 10 heteroatoms. The van der Waals surface area contributed by atoms with Crippen molar-refractivity contribution in [1.29, 1.82) is 0 Å². The maximum Gasteiger partial charge on any atom is 0.255 e. The Morgan fingerprint density at radius 2 is 1.78 bits per heavy atom. The number of carbonyl (C=O) groups excluding carboxylic acids is 4. The first-order valence-electron chi connectivity index (χ1n) is 12.1. The summed E-state index contributed by atoms with van der Waals surface area (Å²) in [4.78, 5) is 53.2. The minimum atomic E-state index is -1.53. The van der Waals surface area contributed by atoms with E-state index in [-0.39, 0.29) is 40.8 Å². The van der Waals surface area contributed by atoms with Crippen LogP contribution in [0.1, 0.15) is 56.0 Å². The van der Waals surface area contributed by atoms with Crippen LogP contribution in [0.25, 0.3) is 0 Å². The fourth-order valence-electron chi connectivity index (χ4n) is 5.21. The van der Waals surface area contributed by atoms with Crippen molar-refractivity contribution in [3.8, 4) is 5.75 Å². The normalized spacial score (nSPS) is 23.3. The summed E-state index contributed by atoms with van der Waals surface area (Å²) in [5.74, 6) is -5.80. The van der Waals surface area contributed by atoms with Gasteiger partial charge in [-0.2, -0.15) is 0 Å². The number of fused-ring (bicyclic) bond motifs is 1. The molecule has 0 radical (unpaired) electrons. The molecule has 6 N–H and O–H groups in total. The molecule has 0 aliphatic heterocycles. The van der Waals surface area contributed by atoms with E-state index in [1.54, 1.807) is 33.2 Å². The topological polar surface area (TPSA) is 170 Å². The van der Waals surface area contributed by atoms with Crippen molar-refractivity contribution in [2.24, 2.45) is 17.1 Å². The molecular weight excluding hydrogens is 478 g/mol. The number of benzene rings is 1. The number of ketones is 2.